The van der Waals surface area contributed by atoms with E-state index in [0.717, 1.165) is 16.8 Å². The summed E-state index contributed by atoms with van der Waals surface area (Å²) in [6, 6.07) is 23.9. The quantitative estimate of drug-likeness (QED) is 0.360. The van der Waals surface area contributed by atoms with Gasteiger partial charge in [0.25, 0.3) is 0 Å². The number of benzene rings is 3. The maximum absolute atomic E-state index is 14.1. The zero-order chi connectivity index (χ0) is 24.3. The van der Waals surface area contributed by atoms with E-state index < -0.39 is 12.6 Å². The van der Waals surface area contributed by atoms with Crippen molar-refractivity contribution in [3.63, 3.8) is 0 Å². The van der Waals surface area contributed by atoms with E-state index >= 15 is 0 Å². The van der Waals surface area contributed by atoms with Crippen LogP contribution in [0.1, 0.15) is 31.9 Å². The fourth-order valence-electron chi connectivity index (χ4n) is 3.77. The molecule has 0 radical (unpaired) electrons. The average molecular weight is 459 g/mol. The number of carboxylic acid groups (broad SMARTS) is 1. The number of aromatic nitrogens is 2. The van der Waals surface area contributed by atoms with Gasteiger partial charge in [0, 0.05) is 11.1 Å². The van der Waals surface area contributed by atoms with Gasteiger partial charge in [-0.15, -0.1) is 0 Å². The van der Waals surface area contributed by atoms with Crippen molar-refractivity contribution in [2.75, 3.05) is 6.61 Å². The second kappa shape index (κ2) is 9.51. The van der Waals surface area contributed by atoms with Crippen LogP contribution in [0.3, 0.4) is 0 Å². The van der Waals surface area contributed by atoms with Gasteiger partial charge in [-0.2, -0.15) is 5.10 Å². The number of ether oxygens (including phenoxy) is 1. The molecule has 0 saturated heterocycles. The van der Waals surface area contributed by atoms with E-state index in [4.69, 9.17) is 14.9 Å². The third kappa shape index (κ3) is 5.34. The smallest absolute Gasteiger partial charge is 0.341 e. The molecular formula is C28H27FN2O3. The fraction of sp³-hybridized carbons (Fsp3) is 0.214. The Morgan fingerprint density at radius 2 is 1.76 bits per heavy atom. The molecule has 0 fully saturated rings. The molecule has 1 N–H and O–H groups in total. The molecule has 0 spiro atoms. The number of carboxylic acids is 1. The molecule has 5 nitrogen and oxygen atoms in total. The number of aliphatic carboxylic acids is 1. The molecule has 0 aliphatic carbocycles. The predicted molar refractivity (Wildman–Crippen MR) is 130 cm³/mol. The van der Waals surface area contributed by atoms with E-state index in [2.05, 4.69) is 20.8 Å². The van der Waals surface area contributed by atoms with Gasteiger partial charge in [0.05, 0.1) is 17.9 Å². The molecule has 0 unspecified atom stereocenters. The first kappa shape index (κ1) is 23.2. The number of halogens is 1. The summed E-state index contributed by atoms with van der Waals surface area (Å²) in [6.07, 6.45) is 0. The third-order valence-corrected chi connectivity index (χ3v) is 5.55. The van der Waals surface area contributed by atoms with Gasteiger partial charge in [0.2, 0.25) is 0 Å². The Labute approximate surface area is 198 Å². The molecule has 4 aromatic rings. The average Bonchev–Trinajstić information content (AvgIpc) is 3.21. The highest BCUT2D eigenvalue weighted by molar-refractivity contribution is 5.75. The predicted octanol–water partition coefficient (Wildman–Crippen LogP) is 6.17. The monoisotopic (exact) mass is 458 g/mol. The molecular weight excluding hydrogens is 431 g/mol. The van der Waals surface area contributed by atoms with Crippen LogP contribution in [0.5, 0.6) is 5.75 Å². The van der Waals surface area contributed by atoms with Crippen LogP contribution in [0.25, 0.3) is 22.5 Å². The van der Waals surface area contributed by atoms with Crippen molar-refractivity contribution in [1.82, 2.24) is 9.78 Å². The van der Waals surface area contributed by atoms with Gasteiger partial charge in [-0.05, 0) is 46.9 Å². The Morgan fingerprint density at radius 1 is 1.00 bits per heavy atom. The third-order valence-electron chi connectivity index (χ3n) is 5.55. The van der Waals surface area contributed by atoms with E-state index in [1.807, 2.05) is 59.3 Å². The van der Waals surface area contributed by atoms with Gasteiger partial charge >= 0.3 is 5.97 Å². The van der Waals surface area contributed by atoms with E-state index in [1.165, 1.54) is 12.1 Å². The number of rotatable bonds is 7. The van der Waals surface area contributed by atoms with Gasteiger partial charge in [-0.1, -0.05) is 69.3 Å². The maximum Gasteiger partial charge on any atom is 0.341 e. The van der Waals surface area contributed by atoms with Crippen molar-refractivity contribution in [2.24, 2.45) is 0 Å². The van der Waals surface area contributed by atoms with Crippen LogP contribution >= 0.6 is 0 Å². The molecule has 6 heteroatoms. The summed E-state index contributed by atoms with van der Waals surface area (Å²) in [5, 5.41) is 14.0. The second-order valence-electron chi connectivity index (χ2n) is 9.21. The Balaban J connectivity index is 1.86. The van der Waals surface area contributed by atoms with Crippen molar-refractivity contribution < 1.29 is 19.0 Å². The minimum absolute atomic E-state index is 0.127. The van der Waals surface area contributed by atoms with Crippen molar-refractivity contribution in [2.45, 2.75) is 32.7 Å². The van der Waals surface area contributed by atoms with E-state index in [9.17, 15) is 9.18 Å². The molecule has 0 aliphatic heterocycles. The summed E-state index contributed by atoms with van der Waals surface area (Å²) in [6.45, 7) is 6.36. The molecule has 0 bridgehead atoms. The van der Waals surface area contributed by atoms with Crippen LogP contribution in [0.4, 0.5) is 4.39 Å². The highest BCUT2D eigenvalue weighted by Gasteiger charge is 2.20. The maximum atomic E-state index is 14.1. The van der Waals surface area contributed by atoms with Crippen LogP contribution in [0.15, 0.2) is 78.9 Å². The highest BCUT2D eigenvalue weighted by Crippen LogP contribution is 2.36. The number of nitrogens with zero attached hydrogens (tertiary/aromatic N) is 2. The Hall–Kier alpha value is -3.93. The zero-order valence-electron chi connectivity index (χ0n) is 19.5. The molecule has 0 amide bonds. The van der Waals surface area contributed by atoms with Crippen molar-refractivity contribution in [3.8, 4) is 28.3 Å². The summed E-state index contributed by atoms with van der Waals surface area (Å²) in [7, 11) is 0. The van der Waals surface area contributed by atoms with Crippen LogP contribution in [0.2, 0.25) is 0 Å². The van der Waals surface area contributed by atoms with Gasteiger partial charge in [-0.25, -0.2) is 9.18 Å². The lowest BCUT2D eigenvalue weighted by Gasteiger charge is -2.21. The van der Waals surface area contributed by atoms with Gasteiger partial charge in [0.15, 0.2) is 6.61 Å². The number of hydrogen-bond donors (Lipinski definition) is 1. The number of carbonyl (C=O) groups is 1. The summed E-state index contributed by atoms with van der Waals surface area (Å²) in [4.78, 5) is 11.1. The molecule has 1 aromatic heterocycles. The van der Waals surface area contributed by atoms with Gasteiger partial charge < -0.3 is 9.84 Å². The molecule has 34 heavy (non-hydrogen) atoms. The molecule has 4 rings (SSSR count). The molecule has 0 atom stereocenters. The summed E-state index contributed by atoms with van der Waals surface area (Å²) >= 11 is 0. The van der Waals surface area contributed by atoms with Crippen molar-refractivity contribution >= 4 is 5.97 Å². The highest BCUT2D eigenvalue weighted by atomic mass is 19.1. The Morgan fingerprint density at radius 3 is 2.44 bits per heavy atom. The number of hydrogen-bond acceptors (Lipinski definition) is 3. The van der Waals surface area contributed by atoms with Gasteiger partial charge in [0.1, 0.15) is 11.6 Å². The summed E-state index contributed by atoms with van der Waals surface area (Å²) in [5.74, 6) is -0.946. The van der Waals surface area contributed by atoms with Gasteiger partial charge in [-0.3, -0.25) is 4.68 Å². The minimum atomic E-state index is -1.05. The largest absolute Gasteiger partial charge is 0.481 e. The molecule has 3 aromatic carbocycles. The molecule has 174 valence electrons. The lowest BCUT2D eigenvalue weighted by atomic mass is 9.85. The van der Waals surface area contributed by atoms with Crippen LogP contribution in [0, 0.1) is 5.82 Å². The van der Waals surface area contributed by atoms with Crippen LogP contribution in [-0.2, 0) is 16.8 Å². The second-order valence-corrected chi connectivity index (χ2v) is 9.21. The van der Waals surface area contributed by atoms with E-state index in [-0.39, 0.29) is 11.2 Å². The zero-order valence-corrected chi connectivity index (χ0v) is 19.5. The fourth-order valence-corrected chi connectivity index (χ4v) is 3.77. The van der Waals surface area contributed by atoms with Crippen molar-refractivity contribution in [1.29, 1.82) is 0 Å². The lowest BCUT2D eigenvalue weighted by molar-refractivity contribution is -0.139. The first-order valence-electron chi connectivity index (χ1n) is 11.1. The summed E-state index contributed by atoms with van der Waals surface area (Å²) < 4.78 is 21.5. The van der Waals surface area contributed by atoms with Crippen molar-refractivity contribution in [3.05, 3.63) is 95.8 Å². The Kier molecular flexibility index (Phi) is 6.50. The first-order valence-corrected chi connectivity index (χ1v) is 11.1. The molecule has 0 saturated carbocycles. The minimum Gasteiger partial charge on any atom is -0.481 e. The molecule has 1 heterocycles. The summed E-state index contributed by atoms with van der Waals surface area (Å²) in [5.41, 5.74) is 4.77. The van der Waals surface area contributed by atoms with E-state index in [1.54, 1.807) is 12.1 Å². The topological polar surface area (TPSA) is 64.3 Å². The van der Waals surface area contributed by atoms with Crippen LogP contribution in [-0.4, -0.2) is 27.5 Å². The first-order chi connectivity index (χ1) is 16.2. The van der Waals surface area contributed by atoms with E-state index in [0.29, 0.717) is 29.1 Å². The standard InChI is InChI=1S/C28H27FN2O3/c1-28(2,3)21-12-13-26(34-18-27(32)33)23(15-21)24-16-25(20-10-7-11-22(29)14-20)31(30-24)17-19-8-5-4-6-9-19/h4-16H,17-18H2,1-3H3,(H,32,33). The molecule has 0 aliphatic rings. The SMILES string of the molecule is CC(C)(C)c1ccc(OCC(=O)O)c(-c2cc(-c3cccc(F)c3)n(Cc3ccccc3)n2)c1. The Bertz CT molecular complexity index is 1310. The lowest BCUT2D eigenvalue weighted by Crippen LogP contribution is -2.13. The normalized spacial score (nSPS) is 11.4. The van der Waals surface area contributed by atoms with Crippen LogP contribution < -0.4 is 4.74 Å².